The molecule has 4 aromatic rings. The van der Waals surface area contributed by atoms with Crippen molar-refractivity contribution in [2.24, 2.45) is 5.10 Å². The molecule has 0 saturated heterocycles. The molecule has 0 bridgehead atoms. The molecule has 1 aromatic heterocycles. The van der Waals surface area contributed by atoms with Gasteiger partial charge in [0.15, 0.2) is 15.8 Å². The first-order valence-corrected chi connectivity index (χ1v) is 12.7. The molecule has 34 heavy (non-hydrogen) atoms. The van der Waals surface area contributed by atoms with Gasteiger partial charge in [-0.05, 0) is 60.5 Å². The maximum absolute atomic E-state index is 12.2. The van der Waals surface area contributed by atoms with Gasteiger partial charge in [-0.1, -0.05) is 47.6 Å². The summed E-state index contributed by atoms with van der Waals surface area (Å²) < 4.78 is 13.6. The zero-order valence-corrected chi connectivity index (χ0v) is 20.8. The van der Waals surface area contributed by atoms with Crippen LogP contribution in [0.2, 0.25) is 5.02 Å². The summed E-state index contributed by atoms with van der Waals surface area (Å²) in [6, 6.07) is 20.9. The Morgan fingerprint density at radius 2 is 2.00 bits per heavy atom. The van der Waals surface area contributed by atoms with E-state index < -0.39 is 0 Å². The molecule has 0 atom stereocenters. The first-order chi connectivity index (χ1) is 16.6. The minimum atomic E-state index is -0.202. The fourth-order valence-electron chi connectivity index (χ4n) is 3.03. The number of fused-ring (bicyclic) bond motifs is 1. The van der Waals surface area contributed by atoms with Crippen molar-refractivity contribution in [1.29, 1.82) is 0 Å². The van der Waals surface area contributed by atoms with Crippen molar-refractivity contribution in [3.63, 3.8) is 0 Å². The number of carbonyl (C=O) groups excluding carboxylic acids is 1. The maximum atomic E-state index is 12.2. The number of thiazole rings is 1. The van der Waals surface area contributed by atoms with Crippen LogP contribution in [0.1, 0.15) is 18.1 Å². The Bertz CT molecular complexity index is 1280. The van der Waals surface area contributed by atoms with Gasteiger partial charge in [0.2, 0.25) is 0 Å². The summed E-state index contributed by atoms with van der Waals surface area (Å²) in [5.74, 6) is 1.26. The fourth-order valence-corrected chi connectivity index (χ4v) is 5.11. The molecule has 0 aliphatic carbocycles. The topological polar surface area (TPSA) is 72.8 Å². The highest BCUT2D eigenvalue weighted by Gasteiger charge is 2.09. The second-order valence-electron chi connectivity index (χ2n) is 7.09. The first kappa shape index (κ1) is 24.1. The SMILES string of the molecule is CCOc1cc(/C=N\NC(=O)CSc2nc3ccccc3s2)ccc1OCc1cccc(Cl)c1. The fraction of sp³-hybridized carbons (Fsp3) is 0.160. The van der Waals surface area contributed by atoms with Gasteiger partial charge in [-0.2, -0.15) is 5.10 Å². The zero-order chi connectivity index (χ0) is 23.8. The molecule has 0 spiro atoms. The lowest BCUT2D eigenvalue weighted by atomic mass is 10.2. The highest BCUT2D eigenvalue weighted by atomic mass is 35.5. The van der Waals surface area contributed by atoms with Crippen LogP contribution in [-0.2, 0) is 11.4 Å². The average molecular weight is 512 g/mol. The molecule has 0 fully saturated rings. The average Bonchev–Trinajstić information content (AvgIpc) is 3.26. The van der Waals surface area contributed by atoms with Crippen molar-refractivity contribution < 1.29 is 14.3 Å². The van der Waals surface area contributed by atoms with Crippen LogP contribution < -0.4 is 14.9 Å². The van der Waals surface area contributed by atoms with E-state index in [0.29, 0.717) is 29.7 Å². The summed E-state index contributed by atoms with van der Waals surface area (Å²) in [5.41, 5.74) is 5.24. The molecule has 3 aromatic carbocycles. The molecule has 1 amide bonds. The molecule has 174 valence electrons. The van der Waals surface area contributed by atoms with Crippen LogP contribution in [-0.4, -0.2) is 29.5 Å². The Hall–Kier alpha value is -3.07. The Kier molecular flexibility index (Phi) is 8.41. The van der Waals surface area contributed by atoms with E-state index in [4.69, 9.17) is 21.1 Å². The van der Waals surface area contributed by atoms with E-state index in [-0.39, 0.29) is 11.7 Å². The van der Waals surface area contributed by atoms with E-state index in [1.807, 2.05) is 73.7 Å². The van der Waals surface area contributed by atoms with Gasteiger partial charge in [0.25, 0.3) is 5.91 Å². The predicted octanol–water partition coefficient (Wildman–Crippen LogP) is 6.17. The van der Waals surface area contributed by atoms with Gasteiger partial charge in [-0.15, -0.1) is 11.3 Å². The Morgan fingerprint density at radius 1 is 1.12 bits per heavy atom. The van der Waals surface area contributed by atoms with Crippen molar-refractivity contribution in [3.05, 3.63) is 82.9 Å². The molecule has 4 rings (SSSR count). The summed E-state index contributed by atoms with van der Waals surface area (Å²) in [7, 11) is 0. The van der Waals surface area contributed by atoms with Crippen molar-refractivity contribution in [2.45, 2.75) is 17.9 Å². The molecule has 0 radical (unpaired) electrons. The number of halogens is 1. The summed E-state index contributed by atoms with van der Waals surface area (Å²) in [5, 5.41) is 4.73. The van der Waals surface area contributed by atoms with Gasteiger partial charge >= 0.3 is 0 Å². The minimum Gasteiger partial charge on any atom is -0.490 e. The summed E-state index contributed by atoms with van der Waals surface area (Å²) in [6.07, 6.45) is 1.57. The van der Waals surface area contributed by atoms with Gasteiger partial charge < -0.3 is 9.47 Å². The molecule has 0 saturated carbocycles. The lowest BCUT2D eigenvalue weighted by Crippen LogP contribution is -2.19. The van der Waals surface area contributed by atoms with Crippen molar-refractivity contribution >= 4 is 57.0 Å². The van der Waals surface area contributed by atoms with Crippen molar-refractivity contribution in [3.8, 4) is 11.5 Å². The number of ether oxygens (including phenoxy) is 2. The van der Waals surface area contributed by atoms with E-state index in [1.54, 1.807) is 17.6 Å². The van der Waals surface area contributed by atoms with E-state index in [1.165, 1.54) is 11.8 Å². The van der Waals surface area contributed by atoms with E-state index in [0.717, 1.165) is 25.7 Å². The molecule has 9 heteroatoms. The summed E-state index contributed by atoms with van der Waals surface area (Å²) in [6.45, 7) is 2.77. The largest absolute Gasteiger partial charge is 0.490 e. The molecule has 6 nitrogen and oxygen atoms in total. The van der Waals surface area contributed by atoms with Crippen LogP contribution in [0, 0.1) is 0 Å². The smallest absolute Gasteiger partial charge is 0.250 e. The maximum Gasteiger partial charge on any atom is 0.250 e. The van der Waals surface area contributed by atoms with Crippen LogP contribution in [0.15, 0.2) is 76.2 Å². The number of hydrogen-bond acceptors (Lipinski definition) is 7. The van der Waals surface area contributed by atoms with Crippen LogP contribution in [0.25, 0.3) is 10.2 Å². The molecule has 0 aliphatic rings. The third-order valence-electron chi connectivity index (χ3n) is 4.55. The van der Waals surface area contributed by atoms with Gasteiger partial charge in [0.05, 0.1) is 28.8 Å². The number of nitrogens with one attached hydrogen (secondary N) is 1. The normalized spacial score (nSPS) is 11.1. The Balaban J connectivity index is 1.31. The number of aromatic nitrogens is 1. The highest BCUT2D eigenvalue weighted by Crippen LogP contribution is 2.30. The van der Waals surface area contributed by atoms with E-state index >= 15 is 0 Å². The zero-order valence-electron chi connectivity index (χ0n) is 18.4. The number of thioether (sulfide) groups is 1. The summed E-state index contributed by atoms with van der Waals surface area (Å²) in [4.78, 5) is 16.7. The molecular weight excluding hydrogens is 490 g/mol. The van der Waals surface area contributed by atoms with Gasteiger partial charge in [-0.25, -0.2) is 10.4 Å². The van der Waals surface area contributed by atoms with Gasteiger partial charge in [0.1, 0.15) is 6.61 Å². The van der Waals surface area contributed by atoms with E-state index in [2.05, 4.69) is 15.5 Å². The lowest BCUT2D eigenvalue weighted by molar-refractivity contribution is -0.118. The predicted molar refractivity (Wildman–Crippen MR) is 139 cm³/mol. The lowest BCUT2D eigenvalue weighted by Gasteiger charge is -2.12. The number of carbonyl (C=O) groups is 1. The molecule has 0 aliphatic heterocycles. The monoisotopic (exact) mass is 511 g/mol. The number of amides is 1. The van der Waals surface area contributed by atoms with Gasteiger partial charge in [-0.3, -0.25) is 4.79 Å². The number of para-hydroxylation sites is 1. The number of rotatable bonds is 10. The highest BCUT2D eigenvalue weighted by molar-refractivity contribution is 8.01. The minimum absolute atomic E-state index is 0.202. The Morgan fingerprint density at radius 3 is 2.82 bits per heavy atom. The standard InChI is InChI=1S/C25H22ClN3O3S2/c1-2-31-22-13-17(10-11-21(22)32-15-18-6-5-7-19(26)12-18)14-27-29-24(30)16-33-25-28-20-8-3-4-9-23(20)34-25/h3-14H,2,15-16H2,1H3,(H,29,30)/b27-14-. The number of benzene rings is 3. The second-order valence-corrected chi connectivity index (χ2v) is 9.78. The Labute approximate surface area is 211 Å². The molecular formula is C25H22ClN3O3S2. The number of nitrogens with zero attached hydrogens (tertiary/aromatic N) is 2. The van der Waals surface area contributed by atoms with Crippen molar-refractivity contribution in [1.82, 2.24) is 10.4 Å². The number of hydrazone groups is 1. The number of hydrogen-bond donors (Lipinski definition) is 1. The van der Waals surface area contributed by atoms with Gasteiger partial charge in [0, 0.05) is 5.02 Å². The first-order valence-electron chi connectivity index (χ1n) is 10.5. The van der Waals surface area contributed by atoms with Crippen LogP contribution in [0.4, 0.5) is 0 Å². The van der Waals surface area contributed by atoms with E-state index in [9.17, 15) is 4.79 Å². The van der Waals surface area contributed by atoms with Crippen LogP contribution >= 0.6 is 34.7 Å². The summed E-state index contributed by atoms with van der Waals surface area (Å²) >= 11 is 9.00. The third kappa shape index (κ3) is 6.72. The second kappa shape index (κ2) is 11.9. The third-order valence-corrected chi connectivity index (χ3v) is 6.97. The van der Waals surface area contributed by atoms with Crippen molar-refractivity contribution in [2.75, 3.05) is 12.4 Å². The quantitative estimate of drug-likeness (QED) is 0.156. The molecule has 1 heterocycles. The molecule has 1 N–H and O–H groups in total. The van der Waals surface area contributed by atoms with Crippen LogP contribution in [0.5, 0.6) is 11.5 Å². The molecule has 0 unspecified atom stereocenters. The van der Waals surface area contributed by atoms with Crippen LogP contribution in [0.3, 0.4) is 0 Å².